The Balaban J connectivity index is 1.30. The van der Waals surface area contributed by atoms with E-state index in [4.69, 9.17) is 10.5 Å². The molecule has 0 bridgehead atoms. The molecule has 0 aliphatic carbocycles. The van der Waals surface area contributed by atoms with Gasteiger partial charge in [-0.2, -0.15) is 13.2 Å². The molecule has 2 atom stereocenters. The largest absolute Gasteiger partial charge is 0.492 e. The first kappa shape index (κ1) is 29.7. The molecule has 2 aromatic rings. The van der Waals surface area contributed by atoms with Crippen molar-refractivity contribution in [3.05, 3.63) is 47.9 Å². The average Bonchev–Trinajstić information content (AvgIpc) is 3.29. The molecule has 40 heavy (non-hydrogen) atoms. The van der Waals surface area contributed by atoms with E-state index in [-0.39, 0.29) is 31.0 Å². The molecule has 2 aliphatic rings. The summed E-state index contributed by atoms with van der Waals surface area (Å²) >= 11 is 0. The van der Waals surface area contributed by atoms with Crippen molar-refractivity contribution in [2.24, 2.45) is 17.1 Å². The van der Waals surface area contributed by atoms with Crippen LogP contribution in [0.1, 0.15) is 43.5 Å². The Morgan fingerprint density at radius 1 is 1.15 bits per heavy atom. The minimum atomic E-state index is -4.24. The molecule has 0 radical (unpaired) electrons. The number of likely N-dealkylation sites (tertiary alicyclic amines) is 2. The first-order valence-electron chi connectivity index (χ1n) is 13.2. The number of hydrogen-bond acceptors (Lipinski definition) is 6. The molecule has 1 aromatic carbocycles. The number of nitrogens with two attached hydrogens (primary N) is 1. The predicted molar refractivity (Wildman–Crippen MR) is 139 cm³/mol. The van der Waals surface area contributed by atoms with Gasteiger partial charge in [0, 0.05) is 25.1 Å². The SMILES string of the molecule is CC(C)(CN1CCC(COc2ccc(-c3ccc(C(=O)N4CC(O)C[C@H]4C(N)=O)c(F)c3)nc2)CC1)C(F)(F)F. The number of hydrogen-bond donors (Lipinski definition) is 2. The van der Waals surface area contributed by atoms with Crippen LogP contribution in [0.4, 0.5) is 17.6 Å². The van der Waals surface area contributed by atoms with E-state index in [1.54, 1.807) is 18.2 Å². The minimum absolute atomic E-state index is 0.0125. The number of amides is 2. The fourth-order valence-electron chi connectivity index (χ4n) is 5.12. The molecular weight excluding hydrogens is 532 g/mol. The molecule has 0 saturated carbocycles. The Kier molecular flexibility index (Phi) is 8.69. The van der Waals surface area contributed by atoms with Crippen molar-refractivity contribution < 1.29 is 37.0 Å². The van der Waals surface area contributed by atoms with Crippen LogP contribution in [0.3, 0.4) is 0 Å². The fourth-order valence-corrected chi connectivity index (χ4v) is 5.12. The summed E-state index contributed by atoms with van der Waals surface area (Å²) < 4.78 is 60.3. The molecular formula is C28H34F4N4O4. The van der Waals surface area contributed by atoms with Gasteiger partial charge < -0.3 is 25.4 Å². The average molecular weight is 567 g/mol. The van der Waals surface area contributed by atoms with Crippen LogP contribution in [0.2, 0.25) is 0 Å². The molecule has 1 aromatic heterocycles. The summed E-state index contributed by atoms with van der Waals surface area (Å²) in [4.78, 5) is 31.7. The van der Waals surface area contributed by atoms with Gasteiger partial charge in [0.1, 0.15) is 17.6 Å². The molecule has 2 aliphatic heterocycles. The molecule has 1 unspecified atom stereocenters. The summed E-state index contributed by atoms with van der Waals surface area (Å²) in [6.07, 6.45) is -2.15. The second kappa shape index (κ2) is 11.7. The number of ether oxygens (including phenoxy) is 1. The van der Waals surface area contributed by atoms with Gasteiger partial charge in [-0.1, -0.05) is 6.07 Å². The lowest BCUT2D eigenvalue weighted by Crippen LogP contribution is -2.46. The maximum absolute atomic E-state index is 14.9. The highest BCUT2D eigenvalue weighted by Gasteiger charge is 2.48. The van der Waals surface area contributed by atoms with E-state index in [1.165, 1.54) is 32.2 Å². The molecule has 3 heterocycles. The topological polar surface area (TPSA) is 109 Å². The van der Waals surface area contributed by atoms with E-state index in [0.717, 1.165) is 17.7 Å². The Morgan fingerprint density at radius 2 is 1.85 bits per heavy atom. The normalized spacial score (nSPS) is 21.0. The summed E-state index contributed by atoms with van der Waals surface area (Å²) in [7, 11) is 0. The molecule has 4 rings (SSSR count). The highest BCUT2D eigenvalue weighted by Crippen LogP contribution is 2.38. The van der Waals surface area contributed by atoms with Gasteiger partial charge in [0.2, 0.25) is 5.91 Å². The maximum atomic E-state index is 14.9. The quantitative estimate of drug-likeness (QED) is 0.473. The minimum Gasteiger partial charge on any atom is -0.492 e. The standard InChI is InChI=1S/C28H34F4N4O4/c1-27(2,28(30,31)32)16-35-9-7-17(8-10-35)15-40-20-4-6-23(34-13-20)18-3-5-21(22(29)11-18)26(39)36-14-19(37)12-24(36)25(33)38/h3-6,11,13,17,19,24,37H,7-10,12,14-16H2,1-2H3,(H2,33,38)/t19?,24-/m0/s1. The van der Waals surface area contributed by atoms with Gasteiger partial charge in [-0.05, 0) is 70.0 Å². The van der Waals surface area contributed by atoms with Crippen LogP contribution in [0.25, 0.3) is 11.3 Å². The van der Waals surface area contributed by atoms with Crippen LogP contribution in [0, 0.1) is 17.2 Å². The van der Waals surface area contributed by atoms with Gasteiger partial charge in [0.15, 0.2) is 0 Å². The number of alkyl halides is 3. The highest BCUT2D eigenvalue weighted by atomic mass is 19.4. The lowest BCUT2D eigenvalue weighted by Gasteiger charge is -2.38. The van der Waals surface area contributed by atoms with Gasteiger partial charge >= 0.3 is 6.18 Å². The Bertz CT molecular complexity index is 1210. The second-order valence-electron chi connectivity index (χ2n) is 11.3. The van der Waals surface area contributed by atoms with E-state index in [9.17, 15) is 32.3 Å². The number of primary amides is 1. The predicted octanol–water partition coefficient (Wildman–Crippen LogP) is 3.63. The molecule has 0 spiro atoms. The van der Waals surface area contributed by atoms with Crippen LogP contribution in [0.15, 0.2) is 36.5 Å². The van der Waals surface area contributed by atoms with Crippen LogP contribution >= 0.6 is 0 Å². The van der Waals surface area contributed by atoms with Crippen molar-refractivity contribution in [3.63, 3.8) is 0 Å². The van der Waals surface area contributed by atoms with Crippen LogP contribution < -0.4 is 10.5 Å². The molecule has 8 nitrogen and oxygen atoms in total. The number of aliphatic hydroxyl groups is 1. The molecule has 3 N–H and O–H groups in total. The summed E-state index contributed by atoms with van der Waals surface area (Å²) in [5.74, 6) is -1.55. The zero-order valence-corrected chi connectivity index (χ0v) is 22.5. The number of benzene rings is 1. The number of piperidine rings is 1. The summed E-state index contributed by atoms with van der Waals surface area (Å²) in [5.41, 5.74) is 4.22. The van der Waals surface area contributed by atoms with Gasteiger partial charge in [-0.25, -0.2) is 4.39 Å². The Labute approximate surface area is 230 Å². The first-order valence-corrected chi connectivity index (χ1v) is 13.2. The van der Waals surface area contributed by atoms with E-state index < -0.39 is 41.4 Å². The number of aromatic nitrogens is 1. The smallest absolute Gasteiger partial charge is 0.395 e. The number of carbonyl (C=O) groups is 2. The lowest BCUT2D eigenvalue weighted by atomic mass is 9.89. The van der Waals surface area contributed by atoms with Crippen LogP contribution in [-0.4, -0.2) is 82.8 Å². The van der Waals surface area contributed by atoms with Crippen molar-refractivity contribution in [3.8, 4) is 17.0 Å². The third-order valence-electron chi connectivity index (χ3n) is 7.68. The summed E-state index contributed by atoms with van der Waals surface area (Å²) in [6.45, 7) is 3.89. The molecule has 2 saturated heterocycles. The molecule has 2 amide bonds. The van der Waals surface area contributed by atoms with Gasteiger partial charge in [-0.3, -0.25) is 14.6 Å². The first-order chi connectivity index (χ1) is 18.7. The zero-order chi connectivity index (χ0) is 29.2. The Hall–Kier alpha value is -3.25. The van der Waals surface area contributed by atoms with Crippen molar-refractivity contribution in [2.75, 3.05) is 32.8 Å². The lowest BCUT2D eigenvalue weighted by molar-refractivity contribution is -0.217. The Morgan fingerprint density at radius 3 is 2.42 bits per heavy atom. The van der Waals surface area contributed by atoms with Crippen molar-refractivity contribution in [1.82, 2.24) is 14.8 Å². The third-order valence-corrected chi connectivity index (χ3v) is 7.68. The van der Waals surface area contributed by atoms with Crippen LogP contribution in [0.5, 0.6) is 5.75 Å². The molecule has 218 valence electrons. The maximum Gasteiger partial charge on any atom is 0.395 e. The van der Waals surface area contributed by atoms with Gasteiger partial charge in [-0.15, -0.1) is 0 Å². The number of rotatable bonds is 8. The number of β-amino-alcohol motifs (C(OH)–C–C–N with tert-alkyl or cyclic N) is 1. The number of nitrogens with zero attached hydrogens (tertiary/aromatic N) is 3. The second-order valence-corrected chi connectivity index (χ2v) is 11.3. The number of pyridine rings is 1. The molecule has 12 heteroatoms. The summed E-state index contributed by atoms with van der Waals surface area (Å²) in [5, 5.41) is 9.83. The van der Waals surface area contributed by atoms with Crippen molar-refractivity contribution >= 4 is 11.8 Å². The van der Waals surface area contributed by atoms with E-state index in [0.29, 0.717) is 36.7 Å². The van der Waals surface area contributed by atoms with Crippen molar-refractivity contribution in [2.45, 2.75) is 51.4 Å². The number of halogens is 4. The number of carbonyl (C=O) groups excluding carboxylic acids is 2. The van der Waals surface area contributed by atoms with Crippen LogP contribution in [-0.2, 0) is 4.79 Å². The van der Waals surface area contributed by atoms with E-state index in [1.807, 2.05) is 4.90 Å². The van der Waals surface area contributed by atoms with E-state index >= 15 is 0 Å². The fraction of sp³-hybridized carbons (Fsp3) is 0.536. The third kappa shape index (κ3) is 6.72. The van der Waals surface area contributed by atoms with Gasteiger partial charge in [0.25, 0.3) is 5.91 Å². The molecule has 2 fully saturated rings. The highest BCUT2D eigenvalue weighted by molar-refractivity contribution is 5.98. The summed E-state index contributed by atoms with van der Waals surface area (Å²) in [6, 6.07) is 6.39. The number of aliphatic hydroxyl groups excluding tert-OH is 1. The van der Waals surface area contributed by atoms with Gasteiger partial charge in [0.05, 0.1) is 35.6 Å². The van der Waals surface area contributed by atoms with Crippen molar-refractivity contribution in [1.29, 1.82) is 0 Å². The monoisotopic (exact) mass is 566 g/mol. The van der Waals surface area contributed by atoms with E-state index in [2.05, 4.69) is 4.98 Å². The zero-order valence-electron chi connectivity index (χ0n) is 22.5.